The lowest BCUT2D eigenvalue weighted by Gasteiger charge is -2.17. The van der Waals surface area contributed by atoms with Gasteiger partial charge in [-0.3, -0.25) is 4.79 Å². The molecule has 7 heteroatoms. The summed E-state index contributed by atoms with van der Waals surface area (Å²) in [7, 11) is 1.77. The molecule has 4 rings (SSSR count). The highest BCUT2D eigenvalue weighted by molar-refractivity contribution is 7.20. The van der Waals surface area contributed by atoms with Crippen LogP contribution in [0.1, 0.15) is 26.5 Å². The van der Waals surface area contributed by atoms with E-state index in [2.05, 4.69) is 9.97 Å². The lowest BCUT2D eigenvalue weighted by Crippen LogP contribution is -2.25. The quantitative estimate of drug-likeness (QED) is 0.550. The van der Waals surface area contributed by atoms with Crippen molar-refractivity contribution >= 4 is 27.5 Å². The Morgan fingerprint density at radius 3 is 2.61 bits per heavy atom. The number of hydrogen-bond acceptors (Lipinski definition) is 6. The topological polar surface area (TPSA) is 79.5 Å². The maximum Gasteiger partial charge on any atom is 0.264 e. The van der Waals surface area contributed by atoms with Crippen molar-refractivity contribution in [2.24, 2.45) is 0 Å². The number of phenols is 1. The lowest BCUT2D eigenvalue weighted by atomic mass is 10.1. The monoisotopic (exact) mass is 393 g/mol. The molecule has 0 aliphatic heterocycles. The number of amides is 1. The summed E-state index contributed by atoms with van der Waals surface area (Å²) < 4.78 is 5.41. The molecule has 0 aliphatic rings. The summed E-state index contributed by atoms with van der Waals surface area (Å²) >= 11 is 1.37. The van der Waals surface area contributed by atoms with Crippen molar-refractivity contribution in [3.63, 3.8) is 0 Å². The summed E-state index contributed by atoms with van der Waals surface area (Å²) in [5, 5.41) is 10.3. The van der Waals surface area contributed by atoms with Crippen LogP contribution in [-0.4, -0.2) is 32.9 Å². The Hall–Kier alpha value is -3.19. The van der Waals surface area contributed by atoms with Crippen LogP contribution in [0.15, 0.2) is 47.1 Å². The molecule has 1 amide bonds. The first-order chi connectivity index (χ1) is 13.4. The molecular formula is C21H19N3O3S. The molecule has 28 heavy (non-hydrogen) atoms. The predicted octanol–water partition coefficient (Wildman–Crippen LogP) is 4.55. The van der Waals surface area contributed by atoms with Crippen molar-refractivity contribution in [3.8, 4) is 17.3 Å². The Bertz CT molecular complexity index is 1150. The molecule has 0 saturated heterocycles. The largest absolute Gasteiger partial charge is 0.508 e. The number of aromatic nitrogens is 2. The van der Waals surface area contributed by atoms with E-state index in [-0.39, 0.29) is 11.7 Å². The fraction of sp³-hybridized carbons (Fsp3) is 0.190. The van der Waals surface area contributed by atoms with E-state index < -0.39 is 0 Å². The van der Waals surface area contributed by atoms with Gasteiger partial charge < -0.3 is 14.4 Å². The van der Waals surface area contributed by atoms with Crippen LogP contribution in [0, 0.1) is 13.8 Å². The van der Waals surface area contributed by atoms with Crippen LogP contribution in [0.4, 0.5) is 0 Å². The molecule has 0 bridgehead atoms. The number of rotatable bonds is 4. The lowest BCUT2D eigenvalue weighted by molar-refractivity contribution is 0.0789. The molecule has 4 aromatic rings. The molecule has 0 saturated carbocycles. The van der Waals surface area contributed by atoms with Crippen LogP contribution in [-0.2, 0) is 6.54 Å². The third kappa shape index (κ3) is 3.25. The normalized spacial score (nSPS) is 11.1. The summed E-state index contributed by atoms with van der Waals surface area (Å²) in [6.45, 7) is 4.31. The molecule has 0 radical (unpaired) electrons. The van der Waals surface area contributed by atoms with Gasteiger partial charge in [0.2, 0.25) is 0 Å². The molecule has 0 aliphatic carbocycles. The number of aromatic hydroxyl groups is 1. The van der Waals surface area contributed by atoms with Gasteiger partial charge in [0, 0.05) is 19.0 Å². The average molecular weight is 393 g/mol. The van der Waals surface area contributed by atoms with Crippen molar-refractivity contribution in [2.75, 3.05) is 7.05 Å². The van der Waals surface area contributed by atoms with Crippen LogP contribution in [0.2, 0.25) is 0 Å². The second-order valence-electron chi connectivity index (χ2n) is 6.67. The van der Waals surface area contributed by atoms with E-state index >= 15 is 0 Å². The van der Waals surface area contributed by atoms with E-state index in [4.69, 9.17) is 4.42 Å². The molecule has 3 heterocycles. The fourth-order valence-corrected chi connectivity index (χ4v) is 4.41. The maximum absolute atomic E-state index is 13.1. The van der Waals surface area contributed by atoms with E-state index in [1.54, 1.807) is 36.4 Å². The minimum Gasteiger partial charge on any atom is -0.508 e. The first kappa shape index (κ1) is 18.2. The Balaban J connectivity index is 1.68. The summed E-state index contributed by atoms with van der Waals surface area (Å²) in [5.74, 6) is 1.27. The van der Waals surface area contributed by atoms with Gasteiger partial charge in [0.1, 0.15) is 10.6 Å². The van der Waals surface area contributed by atoms with Gasteiger partial charge in [-0.1, -0.05) is 12.1 Å². The summed E-state index contributed by atoms with van der Waals surface area (Å²) in [4.78, 5) is 25.3. The zero-order chi connectivity index (χ0) is 19.8. The number of fused-ring (bicyclic) bond motifs is 1. The van der Waals surface area contributed by atoms with E-state index in [0.717, 1.165) is 27.0 Å². The molecule has 1 aromatic carbocycles. The SMILES string of the molecule is Cc1nc(-c2ccco2)nc2sc(C(=O)N(C)Cc3ccc(O)cc3)c(C)c12. The first-order valence-corrected chi connectivity index (χ1v) is 9.60. The molecule has 0 unspecified atom stereocenters. The Morgan fingerprint density at radius 2 is 1.93 bits per heavy atom. The number of phenolic OH excluding ortho intramolecular Hbond substituents is 1. The Labute approximate surface area is 166 Å². The minimum atomic E-state index is -0.0625. The van der Waals surface area contributed by atoms with Crippen molar-refractivity contribution in [2.45, 2.75) is 20.4 Å². The van der Waals surface area contributed by atoms with Crippen molar-refractivity contribution in [3.05, 3.63) is 64.4 Å². The van der Waals surface area contributed by atoms with Gasteiger partial charge in [-0.2, -0.15) is 0 Å². The van der Waals surface area contributed by atoms with E-state index in [1.165, 1.54) is 11.3 Å². The van der Waals surface area contributed by atoms with E-state index in [9.17, 15) is 9.90 Å². The predicted molar refractivity (Wildman–Crippen MR) is 108 cm³/mol. The first-order valence-electron chi connectivity index (χ1n) is 8.79. The highest BCUT2D eigenvalue weighted by atomic mass is 32.1. The van der Waals surface area contributed by atoms with Gasteiger partial charge in [-0.25, -0.2) is 9.97 Å². The van der Waals surface area contributed by atoms with Gasteiger partial charge in [0.15, 0.2) is 11.6 Å². The van der Waals surface area contributed by atoms with Gasteiger partial charge in [0.25, 0.3) is 5.91 Å². The van der Waals surface area contributed by atoms with Crippen molar-refractivity contribution in [1.29, 1.82) is 0 Å². The van der Waals surface area contributed by atoms with Crippen LogP contribution in [0.3, 0.4) is 0 Å². The van der Waals surface area contributed by atoms with Gasteiger partial charge in [0.05, 0.1) is 16.8 Å². The fourth-order valence-electron chi connectivity index (χ4n) is 3.18. The smallest absolute Gasteiger partial charge is 0.264 e. The summed E-state index contributed by atoms with van der Waals surface area (Å²) in [6, 6.07) is 10.5. The standard InChI is InChI=1S/C21H19N3O3S/c1-12-17-13(2)22-19(16-5-4-10-27-16)23-20(17)28-18(12)21(26)24(3)11-14-6-8-15(25)9-7-14/h4-10,25H,11H2,1-3H3. The van der Waals surface area contributed by atoms with Gasteiger partial charge >= 0.3 is 0 Å². The highest BCUT2D eigenvalue weighted by Gasteiger charge is 2.22. The van der Waals surface area contributed by atoms with Crippen LogP contribution in [0.5, 0.6) is 5.75 Å². The minimum absolute atomic E-state index is 0.0625. The number of furan rings is 1. The summed E-state index contributed by atoms with van der Waals surface area (Å²) in [6.07, 6.45) is 1.59. The molecule has 0 atom stereocenters. The third-order valence-corrected chi connectivity index (χ3v) is 5.78. The number of hydrogen-bond donors (Lipinski definition) is 1. The van der Waals surface area contributed by atoms with Crippen LogP contribution in [0.25, 0.3) is 21.8 Å². The van der Waals surface area contributed by atoms with Crippen molar-refractivity contribution < 1.29 is 14.3 Å². The second kappa shape index (κ2) is 7.09. The zero-order valence-electron chi connectivity index (χ0n) is 15.8. The number of benzene rings is 1. The van der Waals surface area contributed by atoms with E-state index in [0.29, 0.717) is 23.0 Å². The van der Waals surface area contributed by atoms with E-state index in [1.807, 2.05) is 32.0 Å². The van der Waals surface area contributed by atoms with Crippen LogP contribution >= 0.6 is 11.3 Å². The van der Waals surface area contributed by atoms with Crippen LogP contribution < -0.4 is 0 Å². The summed E-state index contributed by atoms with van der Waals surface area (Å²) in [5.41, 5.74) is 2.67. The maximum atomic E-state index is 13.1. The number of carbonyl (C=O) groups excluding carboxylic acids is 1. The van der Waals surface area contributed by atoms with Crippen molar-refractivity contribution in [1.82, 2.24) is 14.9 Å². The zero-order valence-corrected chi connectivity index (χ0v) is 16.6. The molecule has 1 N–H and O–H groups in total. The highest BCUT2D eigenvalue weighted by Crippen LogP contribution is 2.33. The Kier molecular flexibility index (Phi) is 4.60. The molecule has 0 spiro atoms. The molecule has 6 nitrogen and oxygen atoms in total. The number of aryl methyl sites for hydroxylation is 2. The molecule has 3 aromatic heterocycles. The molecule has 0 fully saturated rings. The molecule has 142 valence electrons. The Morgan fingerprint density at radius 1 is 1.18 bits per heavy atom. The number of nitrogens with zero attached hydrogens (tertiary/aromatic N) is 3. The van der Waals surface area contributed by atoms with Gasteiger partial charge in [-0.15, -0.1) is 11.3 Å². The number of carbonyl (C=O) groups is 1. The van der Waals surface area contributed by atoms with Gasteiger partial charge in [-0.05, 0) is 49.2 Å². The molecular weight excluding hydrogens is 374 g/mol. The number of thiophene rings is 1. The third-order valence-electron chi connectivity index (χ3n) is 4.61. The average Bonchev–Trinajstić information content (AvgIpc) is 3.31. The second-order valence-corrected chi connectivity index (χ2v) is 7.67.